The fourth-order valence-corrected chi connectivity index (χ4v) is 2.14. The third kappa shape index (κ3) is 3.01. The van der Waals surface area contributed by atoms with Crippen molar-refractivity contribution in [3.05, 3.63) is 28.2 Å². The molecule has 1 aromatic carbocycles. The smallest absolute Gasteiger partial charge is 0.165 e. The summed E-state index contributed by atoms with van der Waals surface area (Å²) >= 11 is 10.5. The summed E-state index contributed by atoms with van der Waals surface area (Å²) in [6.45, 7) is 0. The summed E-state index contributed by atoms with van der Waals surface area (Å²) in [6, 6.07) is 5.77. The molecule has 0 N–H and O–H groups in total. The molecule has 0 unspecified atom stereocenters. The number of carbonyl (C=O) groups excluding carboxylic acids is 1. The van der Waals surface area contributed by atoms with Gasteiger partial charge in [0.25, 0.3) is 0 Å². The molecule has 14 heavy (non-hydrogen) atoms. The number of thioether (sulfide) groups is 1. The number of carbonyl (C=O) groups is 1. The lowest BCUT2D eigenvalue weighted by Gasteiger charge is -2.04. The second-order valence-corrected chi connectivity index (χ2v) is 4.82. The number of Topliss-reactive ketones (excluding diaryl/α,β-unsaturated/α-hetero) is 1. The van der Waals surface area contributed by atoms with Crippen molar-refractivity contribution >= 4 is 45.1 Å². The van der Waals surface area contributed by atoms with E-state index < -0.39 is 0 Å². The summed E-state index contributed by atoms with van der Waals surface area (Å²) in [5, 5.41) is 0. The van der Waals surface area contributed by atoms with Gasteiger partial charge >= 0.3 is 0 Å². The Balaban J connectivity index is 2.99. The van der Waals surface area contributed by atoms with Crippen LogP contribution in [0.5, 0.6) is 0 Å². The summed E-state index contributed by atoms with van der Waals surface area (Å²) in [6.07, 6.45) is 2.37. The average molecular weight is 294 g/mol. The maximum Gasteiger partial charge on any atom is 0.165 e. The van der Waals surface area contributed by atoms with Gasteiger partial charge < -0.3 is 0 Å². The minimum atomic E-state index is 0.0859. The number of hydrogen-bond donors (Lipinski definition) is 0. The molecule has 0 saturated heterocycles. The van der Waals surface area contributed by atoms with E-state index in [2.05, 4.69) is 15.9 Å². The number of rotatable bonds is 4. The topological polar surface area (TPSA) is 17.1 Å². The summed E-state index contributed by atoms with van der Waals surface area (Å²) in [4.78, 5) is 12.7. The van der Waals surface area contributed by atoms with Gasteiger partial charge in [-0.1, -0.05) is 15.9 Å². The predicted octanol–water partition coefficient (Wildman–Crippen LogP) is 3.98. The van der Waals surface area contributed by atoms with Crippen LogP contribution in [0.2, 0.25) is 0 Å². The molecule has 0 radical (unpaired) electrons. The van der Waals surface area contributed by atoms with Crippen molar-refractivity contribution < 1.29 is 4.79 Å². The van der Waals surface area contributed by atoms with Gasteiger partial charge in [0, 0.05) is 27.2 Å². The Morgan fingerprint density at radius 2 is 2.29 bits per heavy atom. The molecule has 0 aliphatic carbocycles. The van der Waals surface area contributed by atoms with Gasteiger partial charge in [-0.3, -0.25) is 4.79 Å². The van der Waals surface area contributed by atoms with Crippen molar-refractivity contribution in [2.24, 2.45) is 0 Å². The van der Waals surface area contributed by atoms with E-state index in [1.165, 1.54) is 0 Å². The molecule has 1 rings (SSSR count). The van der Waals surface area contributed by atoms with E-state index in [9.17, 15) is 4.79 Å². The minimum absolute atomic E-state index is 0.0859. The molecule has 76 valence electrons. The molecule has 0 aliphatic heterocycles. The zero-order valence-corrected chi connectivity index (χ0v) is 10.9. The monoisotopic (exact) mass is 292 g/mol. The lowest BCUT2D eigenvalue weighted by molar-refractivity contribution is 0.0988. The molecule has 0 spiro atoms. The first-order chi connectivity index (χ1) is 6.69. The van der Waals surface area contributed by atoms with Crippen LogP contribution in [-0.2, 0) is 0 Å². The SMILES string of the molecule is CSc1ccc(Br)c(C(=O)CCCl)c1. The summed E-state index contributed by atoms with van der Waals surface area (Å²) < 4.78 is 0.838. The van der Waals surface area contributed by atoms with Gasteiger partial charge in [0.1, 0.15) is 0 Å². The van der Waals surface area contributed by atoms with Crippen LogP contribution in [-0.4, -0.2) is 17.9 Å². The number of ketones is 1. The minimum Gasteiger partial charge on any atom is -0.294 e. The van der Waals surface area contributed by atoms with Crippen LogP contribution in [0.3, 0.4) is 0 Å². The Morgan fingerprint density at radius 3 is 2.86 bits per heavy atom. The van der Waals surface area contributed by atoms with Crippen molar-refractivity contribution in [3.63, 3.8) is 0 Å². The molecule has 0 amide bonds. The van der Waals surface area contributed by atoms with Crippen molar-refractivity contribution in [3.8, 4) is 0 Å². The Bertz CT molecular complexity index is 341. The van der Waals surface area contributed by atoms with Crippen LogP contribution in [0.25, 0.3) is 0 Å². The van der Waals surface area contributed by atoms with E-state index in [-0.39, 0.29) is 5.78 Å². The van der Waals surface area contributed by atoms with Crippen molar-refractivity contribution in [2.45, 2.75) is 11.3 Å². The maximum absolute atomic E-state index is 11.6. The van der Waals surface area contributed by atoms with Gasteiger partial charge in [0.05, 0.1) is 0 Å². The van der Waals surface area contributed by atoms with Gasteiger partial charge in [-0.25, -0.2) is 0 Å². The summed E-state index contributed by atoms with van der Waals surface area (Å²) in [5.74, 6) is 0.456. The Hall–Kier alpha value is 0.01000. The van der Waals surface area contributed by atoms with Crippen molar-refractivity contribution in [2.75, 3.05) is 12.1 Å². The van der Waals surface area contributed by atoms with E-state index >= 15 is 0 Å². The molecule has 1 aromatic rings. The molecule has 0 bridgehead atoms. The van der Waals surface area contributed by atoms with Gasteiger partial charge in [-0.05, 0) is 24.5 Å². The first-order valence-electron chi connectivity index (χ1n) is 4.11. The van der Waals surface area contributed by atoms with Gasteiger partial charge in [0.2, 0.25) is 0 Å². The lowest BCUT2D eigenvalue weighted by atomic mass is 10.1. The maximum atomic E-state index is 11.6. The summed E-state index contributed by atoms with van der Waals surface area (Å²) in [7, 11) is 0. The molecular weight excluding hydrogens is 284 g/mol. The van der Waals surface area contributed by atoms with Crippen LogP contribution in [0.15, 0.2) is 27.6 Å². The Morgan fingerprint density at radius 1 is 1.57 bits per heavy atom. The second kappa shape index (κ2) is 5.79. The van der Waals surface area contributed by atoms with E-state index in [0.29, 0.717) is 12.3 Å². The molecule has 0 heterocycles. The molecule has 0 aromatic heterocycles. The van der Waals surface area contributed by atoms with Crippen LogP contribution < -0.4 is 0 Å². The van der Waals surface area contributed by atoms with Crippen LogP contribution in [0, 0.1) is 0 Å². The van der Waals surface area contributed by atoms with Gasteiger partial charge in [-0.2, -0.15) is 0 Å². The van der Waals surface area contributed by atoms with Crippen molar-refractivity contribution in [1.82, 2.24) is 0 Å². The van der Waals surface area contributed by atoms with E-state index in [1.807, 2.05) is 24.5 Å². The van der Waals surface area contributed by atoms with Gasteiger partial charge in [-0.15, -0.1) is 23.4 Å². The Kier molecular flexibility index (Phi) is 4.99. The van der Waals surface area contributed by atoms with Gasteiger partial charge in [0.15, 0.2) is 5.78 Å². The number of benzene rings is 1. The Labute approximate surface area is 101 Å². The third-order valence-corrected chi connectivity index (χ3v) is 3.40. The van der Waals surface area contributed by atoms with Crippen LogP contribution >= 0.6 is 39.3 Å². The third-order valence-electron chi connectivity index (χ3n) is 1.80. The standard InChI is InChI=1S/C10H10BrClOS/c1-14-7-2-3-9(11)8(6-7)10(13)4-5-12/h2-3,6H,4-5H2,1H3. The highest BCUT2D eigenvalue weighted by Gasteiger charge is 2.09. The molecule has 0 atom stereocenters. The molecular formula is C10H10BrClOS. The molecule has 0 saturated carbocycles. The lowest BCUT2D eigenvalue weighted by Crippen LogP contribution is -2.00. The fraction of sp³-hybridized carbons (Fsp3) is 0.300. The zero-order chi connectivity index (χ0) is 10.6. The van der Waals surface area contributed by atoms with E-state index in [4.69, 9.17) is 11.6 Å². The molecule has 0 fully saturated rings. The van der Waals surface area contributed by atoms with Crippen LogP contribution in [0.1, 0.15) is 16.8 Å². The first-order valence-corrected chi connectivity index (χ1v) is 6.67. The van der Waals surface area contributed by atoms with Crippen molar-refractivity contribution in [1.29, 1.82) is 0 Å². The van der Waals surface area contributed by atoms with E-state index in [0.717, 1.165) is 14.9 Å². The highest BCUT2D eigenvalue weighted by Crippen LogP contribution is 2.24. The average Bonchev–Trinajstić information content (AvgIpc) is 2.19. The quantitative estimate of drug-likeness (QED) is 0.474. The van der Waals surface area contributed by atoms with E-state index in [1.54, 1.807) is 11.8 Å². The first kappa shape index (κ1) is 12.1. The number of alkyl halides is 1. The number of halogens is 2. The number of hydrogen-bond acceptors (Lipinski definition) is 2. The fourth-order valence-electron chi connectivity index (χ4n) is 1.07. The second-order valence-electron chi connectivity index (χ2n) is 2.71. The predicted molar refractivity (Wildman–Crippen MR) is 65.6 cm³/mol. The largest absolute Gasteiger partial charge is 0.294 e. The molecule has 0 aliphatic rings. The van der Waals surface area contributed by atoms with Crippen LogP contribution in [0.4, 0.5) is 0 Å². The zero-order valence-electron chi connectivity index (χ0n) is 7.72. The summed E-state index contributed by atoms with van der Waals surface area (Å²) in [5.41, 5.74) is 0.720. The normalized spacial score (nSPS) is 10.2. The highest BCUT2D eigenvalue weighted by atomic mass is 79.9. The molecule has 4 heteroatoms. The molecule has 1 nitrogen and oxygen atoms in total. The highest BCUT2D eigenvalue weighted by molar-refractivity contribution is 9.10.